The second-order valence-corrected chi connectivity index (χ2v) is 8.59. The van der Waals surface area contributed by atoms with Crippen LogP contribution in [0.15, 0.2) is 47.1 Å². The van der Waals surface area contributed by atoms with Gasteiger partial charge in [-0.2, -0.15) is 0 Å². The first kappa shape index (κ1) is 27.3. The lowest BCUT2D eigenvalue weighted by molar-refractivity contribution is -0.142. The fraction of sp³-hybridized carbons (Fsp3) is 0.292. The molecule has 0 saturated carbocycles. The number of nitrogens with one attached hydrogen (secondary N) is 2. The number of ether oxygens (including phenoxy) is 1. The van der Waals surface area contributed by atoms with Crippen molar-refractivity contribution in [2.45, 2.75) is 31.4 Å². The molecule has 0 aliphatic heterocycles. The van der Waals surface area contributed by atoms with Crippen LogP contribution in [0.3, 0.4) is 0 Å². The van der Waals surface area contributed by atoms with Crippen LogP contribution < -0.4 is 10.6 Å². The average molecular weight is 574 g/mol. The van der Waals surface area contributed by atoms with Crippen molar-refractivity contribution in [3.63, 3.8) is 0 Å². The van der Waals surface area contributed by atoms with E-state index < -0.39 is 66.4 Å². The van der Waals surface area contributed by atoms with Crippen molar-refractivity contribution in [2.24, 2.45) is 0 Å². The fourth-order valence-corrected chi connectivity index (χ4v) is 4.07. The molecule has 3 aromatic rings. The zero-order chi connectivity index (χ0) is 26.4. The largest absolute Gasteiger partial charge is 0.467 e. The van der Waals surface area contributed by atoms with Gasteiger partial charge in [0.25, 0.3) is 12.3 Å². The van der Waals surface area contributed by atoms with Crippen molar-refractivity contribution in [2.75, 3.05) is 19.1 Å². The van der Waals surface area contributed by atoms with Crippen molar-refractivity contribution in [3.8, 4) is 0 Å². The number of esters is 1. The lowest BCUT2D eigenvalue weighted by atomic mass is 10.0. The number of amides is 1. The third-order valence-electron chi connectivity index (χ3n) is 5.36. The second-order valence-electron chi connectivity index (χ2n) is 7.74. The van der Waals surface area contributed by atoms with Gasteiger partial charge in [0.05, 0.1) is 25.3 Å². The summed E-state index contributed by atoms with van der Waals surface area (Å²) in [5, 5.41) is 5.18. The van der Waals surface area contributed by atoms with Gasteiger partial charge < -0.3 is 15.4 Å². The summed E-state index contributed by atoms with van der Waals surface area (Å²) >= 11 is 3.41. The van der Waals surface area contributed by atoms with Crippen molar-refractivity contribution in [3.05, 3.63) is 69.8 Å². The van der Waals surface area contributed by atoms with Crippen molar-refractivity contribution < 1.29 is 36.3 Å². The van der Waals surface area contributed by atoms with E-state index in [-0.39, 0.29) is 6.42 Å². The van der Waals surface area contributed by atoms with Crippen LogP contribution >= 0.6 is 15.9 Å². The topological polar surface area (TPSA) is 80.3 Å². The van der Waals surface area contributed by atoms with Gasteiger partial charge in [-0.1, -0.05) is 28.1 Å². The summed E-state index contributed by atoms with van der Waals surface area (Å²) in [5.74, 6) is -4.83. The Morgan fingerprint density at radius 3 is 2.44 bits per heavy atom. The van der Waals surface area contributed by atoms with Crippen LogP contribution in [0, 0.1) is 11.6 Å². The van der Waals surface area contributed by atoms with Gasteiger partial charge in [0, 0.05) is 34.6 Å². The van der Waals surface area contributed by atoms with Gasteiger partial charge in [0.2, 0.25) is 0 Å². The fourth-order valence-electron chi connectivity index (χ4n) is 3.61. The molecule has 2 atom stereocenters. The van der Waals surface area contributed by atoms with Gasteiger partial charge >= 0.3 is 5.97 Å². The van der Waals surface area contributed by atoms with Crippen LogP contribution in [0.1, 0.15) is 22.3 Å². The highest BCUT2D eigenvalue weighted by molar-refractivity contribution is 9.10. The Morgan fingerprint density at radius 2 is 1.83 bits per heavy atom. The number of hydrogen-bond donors (Lipinski definition) is 2. The minimum Gasteiger partial charge on any atom is -0.467 e. The number of carbonyl (C=O) groups excluding carboxylic acids is 2. The van der Waals surface area contributed by atoms with Crippen LogP contribution in [-0.2, 0) is 16.0 Å². The molecule has 2 aromatic carbocycles. The highest BCUT2D eigenvalue weighted by Crippen LogP contribution is 2.27. The van der Waals surface area contributed by atoms with Crippen molar-refractivity contribution in [1.82, 2.24) is 10.3 Å². The Hall–Kier alpha value is -3.28. The average Bonchev–Trinajstić information content (AvgIpc) is 2.84. The normalized spacial score (nSPS) is 12.9. The predicted molar refractivity (Wildman–Crippen MR) is 127 cm³/mol. The van der Waals surface area contributed by atoms with Crippen LogP contribution in [-0.4, -0.2) is 49.2 Å². The van der Waals surface area contributed by atoms with Gasteiger partial charge in [0.1, 0.15) is 23.2 Å². The van der Waals surface area contributed by atoms with Gasteiger partial charge in [-0.25, -0.2) is 22.4 Å². The van der Waals surface area contributed by atoms with E-state index >= 15 is 0 Å². The number of fused-ring (bicyclic) bond motifs is 1. The predicted octanol–water partition coefficient (Wildman–Crippen LogP) is 5.19. The molecule has 1 aromatic heterocycles. The standard InChI is InChI=1S/C24H21BrF5N3O3/c1-36-24(35)19(9-12-4-5-15(25)14-3-2-8-31-21(12)14)33-23(34)20-16(27)10-13(11-17(20)28)32-18(6-7-26)22(29)30/h2-5,8,10-11,18-19,22,32H,6-7,9H2,1H3,(H,33,34). The zero-order valence-electron chi connectivity index (χ0n) is 18.8. The Kier molecular flexibility index (Phi) is 9.19. The number of anilines is 1. The maximum atomic E-state index is 14.7. The number of halogens is 6. The molecule has 0 saturated heterocycles. The summed E-state index contributed by atoms with van der Waals surface area (Å²) in [6, 6.07) is 5.23. The van der Waals surface area contributed by atoms with E-state index in [2.05, 4.69) is 31.5 Å². The van der Waals surface area contributed by atoms with E-state index in [1.807, 2.05) is 0 Å². The molecule has 6 nitrogen and oxygen atoms in total. The van der Waals surface area contributed by atoms with Crippen LogP contribution in [0.2, 0.25) is 0 Å². The smallest absolute Gasteiger partial charge is 0.328 e. The number of carbonyl (C=O) groups is 2. The SMILES string of the molecule is COC(=O)C(Cc1ccc(Br)c2cccnc12)NC(=O)c1c(F)cc(NC(CCF)C(F)F)cc1F. The molecule has 2 unspecified atom stereocenters. The molecule has 1 heterocycles. The zero-order valence-corrected chi connectivity index (χ0v) is 20.4. The molecule has 0 aliphatic carbocycles. The number of benzene rings is 2. The Balaban J connectivity index is 1.86. The van der Waals surface area contributed by atoms with E-state index in [1.54, 1.807) is 30.5 Å². The molecule has 0 spiro atoms. The van der Waals surface area contributed by atoms with Crippen molar-refractivity contribution >= 4 is 44.4 Å². The maximum Gasteiger partial charge on any atom is 0.328 e. The summed E-state index contributed by atoms with van der Waals surface area (Å²) in [7, 11) is 1.10. The number of pyridine rings is 1. The molecule has 0 radical (unpaired) electrons. The van der Waals surface area contributed by atoms with Gasteiger partial charge in [-0.15, -0.1) is 0 Å². The molecule has 192 valence electrons. The highest BCUT2D eigenvalue weighted by atomic mass is 79.9. The van der Waals surface area contributed by atoms with Gasteiger partial charge in [-0.3, -0.25) is 14.2 Å². The first-order chi connectivity index (χ1) is 17.2. The number of alkyl halides is 3. The van der Waals surface area contributed by atoms with Crippen LogP contribution in [0.4, 0.5) is 27.6 Å². The molecular weight excluding hydrogens is 553 g/mol. The number of aromatic nitrogens is 1. The maximum absolute atomic E-state index is 14.7. The minimum absolute atomic E-state index is 0.0959. The first-order valence-electron chi connectivity index (χ1n) is 10.7. The monoisotopic (exact) mass is 573 g/mol. The van der Waals surface area contributed by atoms with Gasteiger partial charge in [-0.05, 0) is 29.8 Å². The van der Waals surface area contributed by atoms with Gasteiger partial charge in [0.15, 0.2) is 0 Å². The van der Waals surface area contributed by atoms with E-state index in [4.69, 9.17) is 4.74 Å². The van der Waals surface area contributed by atoms with Crippen LogP contribution in [0.25, 0.3) is 10.9 Å². The molecule has 1 amide bonds. The minimum atomic E-state index is -2.99. The molecule has 0 aliphatic rings. The Morgan fingerprint density at radius 1 is 1.14 bits per heavy atom. The molecule has 12 heteroatoms. The van der Waals surface area contributed by atoms with E-state index in [0.29, 0.717) is 23.2 Å². The summed E-state index contributed by atoms with van der Waals surface area (Å²) in [6.07, 6.45) is -2.11. The number of nitrogens with zero attached hydrogens (tertiary/aromatic N) is 1. The number of methoxy groups -OCH3 is 1. The molecular formula is C24H21BrF5N3O3. The lowest BCUT2D eigenvalue weighted by Gasteiger charge is -2.20. The summed E-state index contributed by atoms with van der Waals surface area (Å²) in [4.78, 5) is 29.5. The Labute approximate surface area is 211 Å². The van der Waals surface area contributed by atoms with E-state index in [0.717, 1.165) is 17.0 Å². The first-order valence-corrected chi connectivity index (χ1v) is 11.5. The molecule has 0 fully saturated rings. The lowest BCUT2D eigenvalue weighted by Crippen LogP contribution is -2.43. The molecule has 36 heavy (non-hydrogen) atoms. The third kappa shape index (κ3) is 6.28. The quantitative estimate of drug-likeness (QED) is 0.257. The van der Waals surface area contributed by atoms with E-state index in [1.165, 1.54) is 0 Å². The Bertz CT molecular complexity index is 1240. The summed E-state index contributed by atoms with van der Waals surface area (Å²) in [5.41, 5.74) is -0.301. The molecule has 3 rings (SSSR count). The second kappa shape index (κ2) is 12.1. The highest BCUT2D eigenvalue weighted by Gasteiger charge is 2.28. The molecule has 0 bridgehead atoms. The molecule has 2 N–H and O–H groups in total. The number of hydrogen-bond acceptors (Lipinski definition) is 5. The number of rotatable bonds is 10. The summed E-state index contributed by atoms with van der Waals surface area (Å²) < 4.78 is 73.3. The van der Waals surface area contributed by atoms with Crippen LogP contribution in [0.5, 0.6) is 0 Å². The van der Waals surface area contributed by atoms with E-state index in [9.17, 15) is 31.5 Å². The van der Waals surface area contributed by atoms with Crippen molar-refractivity contribution in [1.29, 1.82) is 0 Å². The third-order valence-corrected chi connectivity index (χ3v) is 6.05. The summed E-state index contributed by atoms with van der Waals surface area (Å²) in [6.45, 7) is -1.06.